The maximum atomic E-state index is 11.7. The number of hydrogen-bond acceptors (Lipinski definition) is 4. The predicted molar refractivity (Wildman–Crippen MR) is 70.7 cm³/mol. The Hall–Kier alpha value is -2.50. The lowest BCUT2D eigenvalue weighted by Gasteiger charge is -2.22. The van der Waals surface area contributed by atoms with Crippen molar-refractivity contribution in [2.24, 2.45) is 0 Å². The summed E-state index contributed by atoms with van der Waals surface area (Å²) in [6.45, 7) is 0.177. The lowest BCUT2D eigenvalue weighted by Crippen LogP contribution is -2.38. The third-order valence-corrected chi connectivity index (χ3v) is 3.06. The fourth-order valence-electron chi connectivity index (χ4n) is 2.06. The van der Waals surface area contributed by atoms with Crippen LogP contribution in [-0.4, -0.2) is 42.1 Å². The fourth-order valence-corrected chi connectivity index (χ4v) is 2.06. The zero-order valence-corrected chi connectivity index (χ0v) is 11.2. The minimum atomic E-state index is -1.05. The van der Waals surface area contributed by atoms with Gasteiger partial charge in [0.25, 0.3) is 0 Å². The summed E-state index contributed by atoms with van der Waals surface area (Å²) in [5.41, 5.74) is 0.740. The maximum absolute atomic E-state index is 11.7. The number of carbonyl (C=O) groups is 2. The Morgan fingerprint density at radius 1 is 1.25 bits per heavy atom. The summed E-state index contributed by atoms with van der Waals surface area (Å²) in [7, 11) is 3.06. The van der Waals surface area contributed by atoms with Gasteiger partial charge in [0.15, 0.2) is 0 Å². The second-order valence-electron chi connectivity index (χ2n) is 4.33. The monoisotopic (exact) mass is 277 g/mol. The number of rotatable bonds is 5. The van der Waals surface area contributed by atoms with Crippen molar-refractivity contribution in [2.45, 2.75) is 12.6 Å². The highest BCUT2D eigenvalue weighted by molar-refractivity contribution is 5.96. The van der Waals surface area contributed by atoms with Crippen LogP contribution in [0, 0.1) is 0 Å². The van der Waals surface area contributed by atoms with Crippen LogP contribution in [0.1, 0.15) is 5.56 Å². The number of methoxy groups -OCH3 is 2. The van der Waals surface area contributed by atoms with E-state index in [9.17, 15) is 9.59 Å². The lowest BCUT2D eigenvalue weighted by atomic mass is 10.1. The molecule has 1 heterocycles. The molecular formula is C14H15NO5. The summed E-state index contributed by atoms with van der Waals surface area (Å²) in [5.74, 6) is -0.196. The molecule has 0 fully saturated rings. The molecule has 1 aromatic carbocycles. The molecule has 0 saturated heterocycles. The molecule has 0 unspecified atom stereocenters. The third kappa shape index (κ3) is 2.74. The Bertz CT molecular complexity index is 544. The number of carboxylic acids is 1. The van der Waals surface area contributed by atoms with E-state index in [0.717, 1.165) is 5.56 Å². The predicted octanol–water partition coefficient (Wildman–Crippen LogP) is 1.06. The van der Waals surface area contributed by atoms with E-state index in [-0.39, 0.29) is 12.5 Å². The molecule has 20 heavy (non-hydrogen) atoms. The van der Waals surface area contributed by atoms with Gasteiger partial charge in [0.05, 0.1) is 14.2 Å². The first-order valence-electron chi connectivity index (χ1n) is 5.98. The molecule has 1 aromatic rings. The molecular weight excluding hydrogens is 262 g/mol. The van der Waals surface area contributed by atoms with E-state index < -0.39 is 12.0 Å². The molecule has 0 saturated carbocycles. The Labute approximate surface area is 116 Å². The van der Waals surface area contributed by atoms with Crippen molar-refractivity contribution in [3.63, 3.8) is 0 Å². The molecule has 0 radical (unpaired) electrons. The average molecular weight is 277 g/mol. The summed E-state index contributed by atoms with van der Waals surface area (Å²) >= 11 is 0. The van der Waals surface area contributed by atoms with Crippen molar-refractivity contribution in [3.05, 3.63) is 35.9 Å². The van der Waals surface area contributed by atoms with Crippen LogP contribution in [0.4, 0.5) is 0 Å². The summed E-state index contributed by atoms with van der Waals surface area (Å²) in [4.78, 5) is 24.1. The number of benzene rings is 1. The number of nitrogens with zero attached hydrogens (tertiary/aromatic N) is 1. The number of hydrogen-bond donors (Lipinski definition) is 1. The molecule has 1 aliphatic heterocycles. The Morgan fingerprint density at radius 3 is 2.35 bits per heavy atom. The van der Waals surface area contributed by atoms with E-state index in [4.69, 9.17) is 14.6 Å². The highest BCUT2D eigenvalue weighted by Gasteiger charge is 2.31. The summed E-state index contributed by atoms with van der Waals surface area (Å²) in [6, 6.07) is 4.27. The largest absolute Gasteiger partial charge is 0.497 e. The van der Waals surface area contributed by atoms with Gasteiger partial charge in [-0.3, -0.25) is 4.79 Å². The Kier molecular flexibility index (Phi) is 3.93. The number of carbonyl (C=O) groups excluding carboxylic acids is 1. The number of ether oxygens (including phenoxy) is 2. The molecule has 0 bridgehead atoms. The van der Waals surface area contributed by atoms with Crippen LogP contribution in [-0.2, 0) is 16.1 Å². The van der Waals surface area contributed by atoms with E-state index in [1.165, 1.54) is 31.3 Å². The van der Waals surface area contributed by atoms with Crippen molar-refractivity contribution < 1.29 is 24.2 Å². The van der Waals surface area contributed by atoms with Gasteiger partial charge in [-0.05, 0) is 23.8 Å². The molecule has 106 valence electrons. The SMILES string of the molecule is COc1cc(CN2C(=O)C=C[C@@H]2C(=O)O)cc(OC)c1. The second-order valence-corrected chi connectivity index (χ2v) is 4.33. The van der Waals surface area contributed by atoms with Crippen molar-refractivity contribution in [2.75, 3.05) is 14.2 Å². The van der Waals surface area contributed by atoms with E-state index in [2.05, 4.69) is 0 Å². The van der Waals surface area contributed by atoms with Crippen molar-refractivity contribution in [1.82, 2.24) is 4.90 Å². The van der Waals surface area contributed by atoms with Gasteiger partial charge < -0.3 is 19.5 Å². The van der Waals surface area contributed by atoms with Gasteiger partial charge in [0.1, 0.15) is 17.5 Å². The zero-order chi connectivity index (χ0) is 14.7. The van der Waals surface area contributed by atoms with Gasteiger partial charge in [-0.25, -0.2) is 4.79 Å². The molecule has 2 rings (SSSR count). The fraction of sp³-hybridized carbons (Fsp3) is 0.286. The maximum Gasteiger partial charge on any atom is 0.330 e. The van der Waals surface area contributed by atoms with Gasteiger partial charge >= 0.3 is 5.97 Å². The highest BCUT2D eigenvalue weighted by atomic mass is 16.5. The van der Waals surface area contributed by atoms with Crippen LogP contribution in [0.15, 0.2) is 30.4 Å². The molecule has 1 atom stereocenters. The molecule has 1 aliphatic rings. The number of amides is 1. The van der Waals surface area contributed by atoms with Gasteiger partial charge in [-0.2, -0.15) is 0 Å². The number of aliphatic carboxylic acids is 1. The van der Waals surface area contributed by atoms with Gasteiger partial charge in [-0.15, -0.1) is 0 Å². The van der Waals surface area contributed by atoms with Crippen molar-refractivity contribution in [3.8, 4) is 11.5 Å². The topological polar surface area (TPSA) is 76.1 Å². The molecule has 0 aromatic heterocycles. The van der Waals surface area contributed by atoms with Crippen molar-refractivity contribution >= 4 is 11.9 Å². The van der Waals surface area contributed by atoms with Crippen LogP contribution in [0.25, 0.3) is 0 Å². The van der Waals surface area contributed by atoms with Gasteiger partial charge in [0.2, 0.25) is 5.91 Å². The molecule has 6 heteroatoms. The quantitative estimate of drug-likeness (QED) is 0.870. The molecule has 1 amide bonds. The number of carboxylic acid groups (broad SMARTS) is 1. The second kappa shape index (κ2) is 5.64. The lowest BCUT2D eigenvalue weighted by molar-refractivity contribution is -0.145. The van der Waals surface area contributed by atoms with Crippen LogP contribution < -0.4 is 9.47 Å². The van der Waals surface area contributed by atoms with E-state index >= 15 is 0 Å². The third-order valence-electron chi connectivity index (χ3n) is 3.06. The first-order chi connectivity index (χ1) is 9.55. The van der Waals surface area contributed by atoms with Crippen LogP contribution >= 0.6 is 0 Å². The molecule has 0 aliphatic carbocycles. The Morgan fingerprint density at radius 2 is 1.85 bits per heavy atom. The van der Waals surface area contributed by atoms with Crippen LogP contribution in [0.2, 0.25) is 0 Å². The smallest absolute Gasteiger partial charge is 0.330 e. The summed E-state index contributed by atoms with van der Waals surface area (Å²) in [6.07, 6.45) is 2.65. The van der Waals surface area contributed by atoms with Crippen molar-refractivity contribution in [1.29, 1.82) is 0 Å². The normalized spacial score (nSPS) is 17.4. The van der Waals surface area contributed by atoms with Crippen LogP contribution in [0.3, 0.4) is 0 Å². The van der Waals surface area contributed by atoms with Gasteiger partial charge in [-0.1, -0.05) is 0 Å². The molecule has 6 nitrogen and oxygen atoms in total. The average Bonchev–Trinajstić information content (AvgIpc) is 2.80. The van der Waals surface area contributed by atoms with Crippen LogP contribution in [0.5, 0.6) is 11.5 Å². The standard InChI is InChI=1S/C14H15NO5/c1-19-10-5-9(6-11(7-10)20-2)8-15-12(14(17)18)3-4-13(15)16/h3-7,12H,8H2,1-2H3,(H,17,18)/t12-/m1/s1. The first-order valence-corrected chi connectivity index (χ1v) is 5.98. The van der Waals surface area contributed by atoms with Gasteiger partial charge in [0, 0.05) is 18.7 Å². The van der Waals surface area contributed by atoms with E-state index in [1.54, 1.807) is 18.2 Å². The van der Waals surface area contributed by atoms with E-state index in [1.807, 2.05) is 0 Å². The first kappa shape index (κ1) is 13.9. The zero-order valence-electron chi connectivity index (χ0n) is 11.2. The summed E-state index contributed by atoms with van der Waals surface area (Å²) in [5, 5.41) is 9.09. The minimum absolute atomic E-state index is 0.177. The van der Waals surface area contributed by atoms with E-state index in [0.29, 0.717) is 11.5 Å². The highest BCUT2D eigenvalue weighted by Crippen LogP contribution is 2.25. The molecule has 1 N–H and O–H groups in total. The molecule has 0 spiro atoms. The Balaban J connectivity index is 2.24. The summed E-state index contributed by atoms with van der Waals surface area (Å²) < 4.78 is 10.3. The minimum Gasteiger partial charge on any atom is -0.497 e.